The van der Waals surface area contributed by atoms with Crippen LogP contribution in [0.1, 0.15) is 0 Å². The van der Waals surface area contributed by atoms with Crippen molar-refractivity contribution >= 4 is 32.5 Å². The second-order valence-corrected chi connectivity index (χ2v) is 10.3. The minimum absolute atomic E-state index is 0.00307. The van der Waals surface area contributed by atoms with E-state index >= 15 is 0 Å². The van der Waals surface area contributed by atoms with E-state index in [9.17, 15) is 22.7 Å². The van der Waals surface area contributed by atoms with Gasteiger partial charge in [0.1, 0.15) is 11.6 Å². The van der Waals surface area contributed by atoms with Crippen LogP contribution in [0.3, 0.4) is 0 Å². The maximum Gasteiger partial charge on any atom is 0.243 e. The van der Waals surface area contributed by atoms with Crippen LogP contribution in [0.25, 0.3) is 10.9 Å². The highest BCUT2D eigenvalue weighted by molar-refractivity contribution is 7.89. The summed E-state index contributed by atoms with van der Waals surface area (Å²) in [5.41, 5.74) is 1.55. The van der Waals surface area contributed by atoms with Crippen molar-refractivity contribution < 1.29 is 22.7 Å². The molecule has 0 bridgehead atoms. The molecule has 10 heteroatoms. The predicted octanol–water partition coefficient (Wildman–Crippen LogP) is 2.05. The van der Waals surface area contributed by atoms with E-state index in [1.165, 1.54) is 40.7 Å². The Morgan fingerprint density at radius 1 is 1.00 bits per heavy atom. The van der Waals surface area contributed by atoms with Crippen LogP contribution in [-0.2, 0) is 14.8 Å². The number of anilines is 1. The highest BCUT2D eigenvalue weighted by atomic mass is 32.2. The monoisotopic (exact) mass is 470 g/mol. The third-order valence-electron chi connectivity index (χ3n) is 6.29. The smallest absolute Gasteiger partial charge is 0.243 e. The minimum atomic E-state index is -3.67. The molecule has 0 atom stereocenters. The summed E-state index contributed by atoms with van der Waals surface area (Å²) in [5.74, 6) is -0.720. The Labute approximate surface area is 190 Å². The van der Waals surface area contributed by atoms with E-state index in [4.69, 9.17) is 0 Å². The van der Waals surface area contributed by atoms with E-state index in [-0.39, 0.29) is 41.4 Å². The first-order valence-electron chi connectivity index (χ1n) is 10.7. The molecule has 2 aromatic carbocycles. The topological polar surface area (TPSA) is 94.0 Å². The SMILES string of the molecule is O=C(C1CN(S(=O)(=O)c2ccc(O)cc2)C1)N1CCN(c2ccnc3cc(F)ccc23)CC1. The first-order chi connectivity index (χ1) is 15.8. The standard InChI is InChI=1S/C23H23FN4O4S/c24-17-1-6-20-21(13-17)25-8-7-22(20)26-9-11-27(12-10-26)23(30)16-14-28(15-16)33(31,32)19-4-2-18(29)3-5-19/h1-8,13,16,29H,9-12,14-15H2. The van der Waals surface area contributed by atoms with Gasteiger partial charge in [-0.05, 0) is 42.5 Å². The maximum absolute atomic E-state index is 13.5. The van der Waals surface area contributed by atoms with Gasteiger partial charge in [0.25, 0.3) is 0 Å². The van der Waals surface area contributed by atoms with E-state index in [2.05, 4.69) is 9.88 Å². The molecule has 2 aliphatic heterocycles. The number of hydrogen-bond acceptors (Lipinski definition) is 6. The molecule has 8 nitrogen and oxygen atoms in total. The number of fused-ring (bicyclic) bond motifs is 1. The van der Waals surface area contributed by atoms with Crippen molar-refractivity contribution in [1.82, 2.24) is 14.2 Å². The highest BCUT2D eigenvalue weighted by Gasteiger charge is 2.42. The van der Waals surface area contributed by atoms with Crippen LogP contribution >= 0.6 is 0 Å². The second-order valence-electron chi connectivity index (χ2n) is 8.32. The molecular formula is C23H23FN4O4S. The number of phenolic OH excluding ortho intramolecular Hbond substituents is 1. The lowest BCUT2D eigenvalue weighted by molar-refractivity contribution is -0.139. The van der Waals surface area contributed by atoms with Crippen LogP contribution in [0.15, 0.2) is 59.6 Å². The Morgan fingerprint density at radius 2 is 1.70 bits per heavy atom. The Hall–Kier alpha value is -3.24. The number of aromatic nitrogens is 1. The van der Waals surface area contributed by atoms with Gasteiger partial charge in [-0.1, -0.05) is 0 Å². The van der Waals surface area contributed by atoms with E-state index < -0.39 is 10.0 Å². The van der Waals surface area contributed by atoms with Gasteiger partial charge in [0.05, 0.1) is 16.3 Å². The van der Waals surface area contributed by atoms with Crippen LogP contribution in [-0.4, -0.2) is 72.9 Å². The fraction of sp³-hybridized carbons (Fsp3) is 0.304. The van der Waals surface area contributed by atoms with Gasteiger partial charge in [-0.15, -0.1) is 0 Å². The largest absolute Gasteiger partial charge is 0.508 e. The van der Waals surface area contributed by atoms with Crippen molar-refractivity contribution in [3.8, 4) is 5.75 Å². The van der Waals surface area contributed by atoms with E-state index in [0.29, 0.717) is 31.7 Å². The van der Waals surface area contributed by atoms with Crippen LogP contribution in [0.2, 0.25) is 0 Å². The summed E-state index contributed by atoms with van der Waals surface area (Å²) < 4.78 is 40.2. The number of amides is 1. The van der Waals surface area contributed by atoms with Gasteiger partial charge >= 0.3 is 0 Å². The average molecular weight is 471 g/mol. The van der Waals surface area contributed by atoms with E-state index in [0.717, 1.165) is 11.1 Å². The summed E-state index contributed by atoms with van der Waals surface area (Å²) in [4.78, 5) is 21.2. The number of benzene rings is 2. The summed E-state index contributed by atoms with van der Waals surface area (Å²) in [5, 5.41) is 10.2. The fourth-order valence-corrected chi connectivity index (χ4v) is 5.90. The number of pyridine rings is 1. The van der Waals surface area contributed by atoms with Crippen LogP contribution in [0.5, 0.6) is 5.75 Å². The van der Waals surface area contributed by atoms with Gasteiger partial charge in [0.15, 0.2) is 0 Å². The molecule has 5 rings (SSSR count). The number of carbonyl (C=O) groups is 1. The van der Waals surface area contributed by atoms with Crippen molar-refractivity contribution in [1.29, 1.82) is 0 Å². The number of aromatic hydroxyl groups is 1. The Kier molecular flexibility index (Phi) is 5.41. The quantitative estimate of drug-likeness (QED) is 0.627. The third kappa shape index (κ3) is 4.00. The van der Waals surface area contributed by atoms with Gasteiger partial charge in [-0.3, -0.25) is 9.78 Å². The zero-order valence-corrected chi connectivity index (χ0v) is 18.6. The molecule has 3 aromatic rings. The maximum atomic E-state index is 13.5. The lowest BCUT2D eigenvalue weighted by atomic mass is 10.0. The zero-order chi connectivity index (χ0) is 23.2. The predicted molar refractivity (Wildman–Crippen MR) is 121 cm³/mol. The lowest BCUT2D eigenvalue weighted by Crippen LogP contribution is -2.59. The molecule has 0 spiro atoms. The van der Waals surface area contributed by atoms with Gasteiger partial charge in [-0.25, -0.2) is 12.8 Å². The number of carbonyl (C=O) groups excluding carboxylic acids is 1. The number of phenols is 1. The summed E-state index contributed by atoms with van der Waals surface area (Å²) in [7, 11) is -3.67. The first kappa shape index (κ1) is 21.6. The van der Waals surface area contributed by atoms with Crippen molar-refractivity contribution in [3.63, 3.8) is 0 Å². The highest BCUT2D eigenvalue weighted by Crippen LogP contribution is 2.29. The van der Waals surface area contributed by atoms with E-state index in [1.54, 1.807) is 17.2 Å². The molecule has 172 valence electrons. The molecule has 1 aromatic heterocycles. The van der Waals surface area contributed by atoms with Gasteiger partial charge in [-0.2, -0.15) is 4.31 Å². The molecule has 2 aliphatic rings. The Bertz CT molecular complexity index is 1300. The normalized spacial score (nSPS) is 17.8. The first-order valence-corrected chi connectivity index (χ1v) is 12.1. The molecule has 0 unspecified atom stereocenters. The van der Waals surface area contributed by atoms with Crippen molar-refractivity contribution in [2.45, 2.75) is 4.90 Å². The number of hydrogen-bond donors (Lipinski definition) is 1. The Morgan fingerprint density at radius 3 is 2.39 bits per heavy atom. The molecular weight excluding hydrogens is 447 g/mol. The molecule has 33 heavy (non-hydrogen) atoms. The molecule has 0 saturated carbocycles. The molecule has 1 amide bonds. The molecule has 3 heterocycles. The number of halogens is 1. The van der Waals surface area contributed by atoms with E-state index in [1.807, 2.05) is 6.07 Å². The van der Waals surface area contributed by atoms with Crippen LogP contribution in [0.4, 0.5) is 10.1 Å². The molecule has 0 aliphatic carbocycles. The summed E-state index contributed by atoms with van der Waals surface area (Å²) >= 11 is 0. The van der Waals surface area contributed by atoms with Crippen LogP contribution in [0, 0.1) is 11.7 Å². The number of nitrogens with zero attached hydrogens (tertiary/aromatic N) is 4. The van der Waals surface area contributed by atoms with Gasteiger partial charge < -0.3 is 14.9 Å². The van der Waals surface area contributed by atoms with Crippen molar-refractivity contribution in [2.24, 2.45) is 5.92 Å². The molecule has 2 fully saturated rings. The minimum Gasteiger partial charge on any atom is -0.508 e. The average Bonchev–Trinajstić information content (AvgIpc) is 2.77. The summed E-state index contributed by atoms with van der Waals surface area (Å²) in [6.07, 6.45) is 1.66. The number of sulfonamides is 1. The second kappa shape index (κ2) is 8.27. The third-order valence-corrected chi connectivity index (χ3v) is 8.13. The van der Waals surface area contributed by atoms with Gasteiger partial charge in [0.2, 0.25) is 15.9 Å². The summed E-state index contributed by atoms with van der Waals surface area (Å²) in [6, 6.07) is 11.8. The van der Waals surface area contributed by atoms with Crippen molar-refractivity contribution in [2.75, 3.05) is 44.2 Å². The van der Waals surface area contributed by atoms with Gasteiger partial charge in [0, 0.05) is 62.6 Å². The fourth-order valence-electron chi connectivity index (χ4n) is 4.37. The van der Waals surface area contributed by atoms with Crippen LogP contribution < -0.4 is 4.90 Å². The molecule has 2 saturated heterocycles. The molecule has 0 radical (unpaired) electrons. The van der Waals surface area contributed by atoms with Crippen molar-refractivity contribution in [3.05, 3.63) is 60.5 Å². The zero-order valence-electron chi connectivity index (χ0n) is 17.8. The number of rotatable bonds is 4. The lowest BCUT2D eigenvalue weighted by Gasteiger charge is -2.42. The summed E-state index contributed by atoms with van der Waals surface area (Å²) in [6.45, 7) is 2.64. The molecule has 1 N–H and O–H groups in total. The Balaban J connectivity index is 1.20. The number of piperazine rings is 1.